The molecule has 0 saturated carbocycles. The third-order valence-corrected chi connectivity index (χ3v) is 2.60. The summed E-state index contributed by atoms with van der Waals surface area (Å²) < 4.78 is 0. The molecular formula is C14H25N3. The van der Waals surface area contributed by atoms with Crippen molar-refractivity contribution in [2.75, 3.05) is 19.0 Å². The van der Waals surface area contributed by atoms with Crippen LogP contribution in [0.2, 0.25) is 0 Å². The lowest BCUT2D eigenvalue weighted by Gasteiger charge is -2.16. The van der Waals surface area contributed by atoms with Crippen LogP contribution in [0.4, 0.5) is 5.82 Å². The molecule has 0 aromatic carbocycles. The summed E-state index contributed by atoms with van der Waals surface area (Å²) in [6.45, 7) is 7.44. The van der Waals surface area contributed by atoms with Crippen molar-refractivity contribution in [2.24, 2.45) is 0 Å². The van der Waals surface area contributed by atoms with E-state index in [1.165, 1.54) is 11.3 Å². The van der Waals surface area contributed by atoms with Crippen LogP contribution in [0, 0.1) is 0 Å². The van der Waals surface area contributed by atoms with Gasteiger partial charge in [-0.25, -0.2) is 4.98 Å². The van der Waals surface area contributed by atoms with E-state index < -0.39 is 0 Å². The van der Waals surface area contributed by atoms with Gasteiger partial charge in [-0.05, 0) is 24.1 Å². The predicted octanol–water partition coefficient (Wildman–Crippen LogP) is 2.60. The Balaban J connectivity index is 2.87. The molecule has 0 bridgehead atoms. The van der Waals surface area contributed by atoms with E-state index in [9.17, 15) is 0 Å². The molecule has 0 aliphatic carbocycles. The SMILES string of the molecule is CCCc1cc(CNC(C)C)cc(N(C)C)n1. The maximum Gasteiger partial charge on any atom is 0.128 e. The highest BCUT2D eigenvalue weighted by Crippen LogP contribution is 2.14. The Bertz CT molecular complexity index is 345. The molecule has 0 unspecified atom stereocenters. The van der Waals surface area contributed by atoms with Crippen LogP contribution in [0.5, 0.6) is 0 Å². The van der Waals surface area contributed by atoms with Crippen molar-refractivity contribution in [2.45, 2.75) is 46.2 Å². The first-order chi connectivity index (χ1) is 8.02. The van der Waals surface area contributed by atoms with E-state index in [2.05, 4.69) is 48.1 Å². The van der Waals surface area contributed by atoms with Gasteiger partial charge in [-0.1, -0.05) is 27.2 Å². The fraction of sp³-hybridized carbons (Fsp3) is 0.643. The standard InChI is InChI=1S/C14H25N3/c1-6-7-13-8-12(10-15-11(2)3)9-14(16-13)17(4)5/h8-9,11,15H,6-7,10H2,1-5H3. The minimum absolute atomic E-state index is 0.514. The van der Waals surface area contributed by atoms with E-state index in [4.69, 9.17) is 0 Å². The zero-order valence-electron chi connectivity index (χ0n) is 11.7. The predicted molar refractivity (Wildman–Crippen MR) is 74.5 cm³/mol. The Labute approximate surface area is 105 Å². The van der Waals surface area contributed by atoms with Crippen LogP contribution in [0.15, 0.2) is 12.1 Å². The lowest BCUT2D eigenvalue weighted by atomic mass is 10.1. The van der Waals surface area contributed by atoms with E-state index in [1.54, 1.807) is 0 Å². The number of anilines is 1. The molecule has 1 rings (SSSR count). The van der Waals surface area contributed by atoms with Crippen LogP contribution < -0.4 is 10.2 Å². The van der Waals surface area contributed by atoms with Gasteiger partial charge in [0.1, 0.15) is 5.82 Å². The smallest absolute Gasteiger partial charge is 0.128 e. The number of aromatic nitrogens is 1. The Morgan fingerprint density at radius 3 is 2.53 bits per heavy atom. The van der Waals surface area contributed by atoms with Gasteiger partial charge in [0.25, 0.3) is 0 Å². The number of hydrogen-bond donors (Lipinski definition) is 1. The zero-order valence-corrected chi connectivity index (χ0v) is 11.7. The van der Waals surface area contributed by atoms with E-state index in [0.29, 0.717) is 6.04 Å². The van der Waals surface area contributed by atoms with Gasteiger partial charge in [-0.2, -0.15) is 0 Å². The largest absolute Gasteiger partial charge is 0.363 e. The summed E-state index contributed by atoms with van der Waals surface area (Å²) in [4.78, 5) is 6.72. The Morgan fingerprint density at radius 2 is 2.00 bits per heavy atom. The maximum atomic E-state index is 4.65. The average molecular weight is 235 g/mol. The van der Waals surface area contributed by atoms with Crippen molar-refractivity contribution in [3.05, 3.63) is 23.4 Å². The normalized spacial score (nSPS) is 10.9. The number of nitrogens with one attached hydrogen (secondary N) is 1. The molecule has 0 atom stereocenters. The summed E-state index contributed by atoms with van der Waals surface area (Å²) >= 11 is 0. The van der Waals surface area contributed by atoms with Crippen molar-refractivity contribution in [3.8, 4) is 0 Å². The van der Waals surface area contributed by atoms with Crippen LogP contribution in [0.25, 0.3) is 0 Å². The second-order valence-corrected chi connectivity index (χ2v) is 5.00. The minimum Gasteiger partial charge on any atom is -0.363 e. The lowest BCUT2D eigenvalue weighted by Crippen LogP contribution is -2.22. The highest BCUT2D eigenvalue weighted by molar-refractivity contribution is 5.41. The summed E-state index contributed by atoms with van der Waals surface area (Å²) in [6, 6.07) is 4.89. The monoisotopic (exact) mass is 235 g/mol. The molecule has 3 nitrogen and oxygen atoms in total. The van der Waals surface area contributed by atoms with Crippen molar-refractivity contribution >= 4 is 5.82 Å². The van der Waals surface area contributed by atoms with Gasteiger partial charge in [-0.15, -0.1) is 0 Å². The number of aryl methyl sites for hydroxylation is 1. The van der Waals surface area contributed by atoms with Gasteiger partial charge in [0.2, 0.25) is 0 Å². The van der Waals surface area contributed by atoms with Crippen molar-refractivity contribution in [1.29, 1.82) is 0 Å². The zero-order chi connectivity index (χ0) is 12.8. The maximum absolute atomic E-state index is 4.65. The van der Waals surface area contributed by atoms with Crippen LogP contribution in [0.1, 0.15) is 38.4 Å². The summed E-state index contributed by atoms with van der Waals surface area (Å²) in [5.41, 5.74) is 2.51. The van der Waals surface area contributed by atoms with Crippen molar-refractivity contribution in [1.82, 2.24) is 10.3 Å². The number of rotatable bonds is 6. The molecule has 1 N–H and O–H groups in total. The Kier molecular flexibility index (Phi) is 5.42. The molecule has 1 aromatic rings. The third-order valence-electron chi connectivity index (χ3n) is 2.60. The second kappa shape index (κ2) is 6.60. The highest BCUT2D eigenvalue weighted by Gasteiger charge is 2.04. The van der Waals surface area contributed by atoms with Crippen LogP contribution >= 0.6 is 0 Å². The first-order valence-electron chi connectivity index (χ1n) is 6.43. The fourth-order valence-electron chi connectivity index (χ4n) is 1.67. The number of hydrogen-bond acceptors (Lipinski definition) is 3. The van der Waals surface area contributed by atoms with Crippen LogP contribution in [-0.4, -0.2) is 25.1 Å². The molecule has 96 valence electrons. The van der Waals surface area contributed by atoms with E-state index in [0.717, 1.165) is 25.2 Å². The highest BCUT2D eigenvalue weighted by atomic mass is 15.1. The number of nitrogens with zero attached hydrogens (tertiary/aromatic N) is 2. The Morgan fingerprint density at radius 1 is 1.29 bits per heavy atom. The summed E-state index contributed by atoms with van der Waals surface area (Å²) in [5.74, 6) is 1.05. The molecule has 0 fully saturated rings. The molecule has 1 aromatic heterocycles. The first-order valence-corrected chi connectivity index (χ1v) is 6.43. The second-order valence-electron chi connectivity index (χ2n) is 5.00. The molecule has 0 amide bonds. The summed E-state index contributed by atoms with van der Waals surface area (Å²) in [7, 11) is 4.08. The summed E-state index contributed by atoms with van der Waals surface area (Å²) in [5, 5.41) is 3.45. The van der Waals surface area contributed by atoms with E-state index in [1.807, 2.05) is 14.1 Å². The van der Waals surface area contributed by atoms with Gasteiger partial charge in [0, 0.05) is 32.4 Å². The average Bonchev–Trinajstić information content (AvgIpc) is 2.26. The minimum atomic E-state index is 0.514. The molecule has 1 heterocycles. The summed E-state index contributed by atoms with van der Waals surface area (Å²) in [6.07, 6.45) is 2.19. The van der Waals surface area contributed by atoms with Crippen LogP contribution in [0.3, 0.4) is 0 Å². The van der Waals surface area contributed by atoms with Crippen molar-refractivity contribution in [3.63, 3.8) is 0 Å². The molecule has 0 spiro atoms. The molecule has 0 aliphatic rings. The molecule has 0 aliphatic heterocycles. The molecular weight excluding hydrogens is 210 g/mol. The van der Waals surface area contributed by atoms with Gasteiger partial charge in [0.05, 0.1) is 0 Å². The van der Waals surface area contributed by atoms with Gasteiger partial charge < -0.3 is 10.2 Å². The third kappa shape index (κ3) is 4.73. The van der Waals surface area contributed by atoms with E-state index >= 15 is 0 Å². The fourth-order valence-corrected chi connectivity index (χ4v) is 1.67. The molecule has 0 saturated heterocycles. The van der Waals surface area contributed by atoms with Gasteiger partial charge in [-0.3, -0.25) is 0 Å². The van der Waals surface area contributed by atoms with Crippen molar-refractivity contribution < 1.29 is 0 Å². The molecule has 17 heavy (non-hydrogen) atoms. The topological polar surface area (TPSA) is 28.2 Å². The van der Waals surface area contributed by atoms with Crippen LogP contribution in [-0.2, 0) is 13.0 Å². The van der Waals surface area contributed by atoms with Gasteiger partial charge >= 0.3 is 0 Å². The quantitative estimate of drug-likeness (QED) is 0.821. The molecule has 3 heteroatoms. The Hall–Kier alpha value is -1.09. The lowest BCUT2D eigenvalue weighted by molar-refractivity contribution is 0.588. The first kappa shape index (κ1) is 14.0. The van der Waals surface area contributed by atoms with Gasteiger partial charge in [0.15, 0.2) is 0 Å². The number of pyridine rings is 1. The molecule has 0 radical (unpaired) electrons. The van der Waals surface area contributed by atoms with E-state index in [-0.39, 0.29) is 0 Å².